The number of ether oxygens (including phenoxy) is 1. The van der Waals surface area contributed by atoms with Gasteiger partial charge in [-0.3, -0.25) is 10.1 Å². The molecule has 2 N–H and O–H groups in total. The van der Waals surface area contributed by atoms with E-state index >= 15 is 0 Å². The first-order chi connectivity index (χ1) is 12.5. The standard InChI is InChI=1S/C20H18N2O3S/c1-25-17-13-11-16(12-14-17)22-26(23,24)19-10-6-5-9-18(19)20(21)15-7-3-2-4-8-15/h2-14,21-22H,1H3. The summed E-state index contributed by atoms with van der Waals surface area (Å²) in [5, 5.41) is 8.42. The van der Waals surface area contributed by atoms with E-state index in [2.05, 4.69) is 4.72 Å². The molecule has 0 amide bonds. The van der Waals surface area contributed by atoms with Crippen LogP contribution in [0, 0.1) is 5.41 Å². The van der Waals surface area contributed by atoms with Crippen LogP contribution in [0.1, 0.15) is 11.1 Å². The van der Waals surface area contributed by atoms with Crippen molar-refractivity contribution in [3.63, 3.8) is 0 Å². The highest BCUT2D eigenvalue weighted by atomic mass is 32.2. The molecule has 0 unspecified atom stereocenters. The molecule has 3 aromatic rings. The average Bonchev–Trinajstić information content (AvgIpc) is 2.68. The Balaban J connectivity index is 1.96. The number of benzene rings is 3. The van der Waals surface area contributed by atoms with Gasteiger partial charge in [0.05, 0.1) is 17.7 Å². The molecular weight excluding hydrogens is 348 g/mol. The van der Waals surface area contributed by atoms with Crippen LogP contribution in [0.4, 0.5) is 5.69 Å². The molecule has 0 bridgehead atoms. The van der Waals surface area contributed by atoms with Crippen molar-refractivity contribution in [2.75, 3.05) is 11.8 Å². The molecule has 0 aliphatic heterocycles. The first-order valence-electron chi connectivity index (χ1n) is 7.91. The fourth-order valence-electron chi connectivity index (χ4n) is 2.54. The molecule has 26 heavy (non-hydrogen) atoms. The van der Waals surface area contributed by atoms with E-state index in [9.17, 15) is 8.42 Å². The summed E-state index contributed by atoms with van der Waals surface area (Å²) >= 11 is 0. The van der Waals surface area contributed by atoms with E-state index in [1.165, 1.54) is 6.07 Å². The van der Waals surface area contributed by atoms with E-state index < -0.39 is 10.0 Å². The average molecular weight is 366 g/mol. The second-order valence-electron chi connectivity index (χ2n) is 5.57. The van der Waals surface area contributed by atoms with Crippen molar-refractivity contribution >= 4 is 21.4 Å². The van der Waals surface area contributed by atoms with Crippen molar-refractivity contribution in [2.45, 2.75) is 4.90 Å². The van der Waals surface area contributed by atoms with E-state index in [1.54, 1.807) is 61.7 Å². The predicted molar refractivity (Wildman–Crippen MR) is 103 cm³/mol. The van der Waals surface area contributed by atoms with Crippen molar-refractivity contribution in [3.05, 3.63) is 90.0 Å². The summed E-state index contributed by atoms with van der Waals surface area (Å²) in [4.78, 5) is 0.0599. The Morgan fingerprint density at radius 3 is 2.15 bits per heavy atom. The monoisotopic (exact) mass is 366 g/mol. The Morgan fingerprint density at radius 2 is 1.50 bits per heavy atom. The van der Waals surface area contributed by atoms with Gasteiger partial charge in [-0.15, -0.1) is 0 Å². The lowest BCUT2D eigenvalue weighted by Gasteiger charge is -2.13. The van der Waals surface area contributed by atoms with Crippen LogP contribution in [0.15, 0.2) is 83.8 Å². The number of nitrogens with one attached hydrogen (secondary N) is 2. The minimum absolute atomic E-state index is 0.0599. The minimum Gasteiger partial charge on any atom is -0.497 e. The van der Waals surface area contributed by atoms with Gasteiger partial charge < -0.3 is 4.74 Å². The number of hydrogen-bond donors (Lipinski definition) is 2. The highest BCUT2D eigenvalue weighted by Crippen LogP contribution is 2.23. The Labute approximate surface area is 152 Å². The van der Waals surface area contributed by atoms with Crippen LogP contribution >= 0.6 is 0 Å². The third-order valence-corrected chi connectivity index (χ3v) is 5.29. The van der Waals surface area contributed by atoms with Crippen molar-refractivity contribution in [1.82, 2.24) is 0 Å². The molecule has 0 spiro atoms. The molecule has 0 fully saturated rings. The molecule has 0 heterocycles. The molecule has 3 aromatic carbocycles. The second kappa shape index (κ2) is 7.41. The Hall–Kier alpha value is -3.12. The molecule has 0 aliphatic rings. The lowest BCUT2D eigenvalue weighted by molar-refractivity contribution is 0.415. The summed E-state index contributed by atoms with van der Waals surface area (Å²) in [5.74, 6) is 0.638. The summed E-state index contributed by atoms with van der Waals surface area (Å²) < 4.78 is 33.4. The van der Waals surface area contributed by atoms with E-state index in [0.29, 0.717) is 22.6 Å². The fourth-order valence-corrected chi connectivity index (χ4v) is 3.81. The summed E-state index contributed by atoms with van der Waals surface area (Å²) in [6.07, 6.45) is 0. The van der Waals surface area contributed by atoms with Crippen LogP contribution < -0.4 is 9.46 Å². The SMILES string of the molecule is COc1ccc(NS(=O)(=O)c2ccccc2C(=N)c2ccccc2)cc1. The topological polar surface area (TPSA) is 79.2 Å². The maximum absolute atomic E-state index is 12.9. The Bertz CT molecular complexity index is 1010. The van der Waals surface area contributed by atoms with Gasteiger partial charge in [-0.1, -0.05) is 48.5 Å². The zero-order valence-corrected chi connectivity index (χ0v) is 15.0. The molecular formula is C20H18N2O3S. The Morgan fingerprint density at radius 1 is 0.885 bits per heavy atom. The van der Waals surface area contributed by atoms with Gasteiger partial charge in [-0.2, -0.15) is 0 Å². The molecule has 0 aliphatic carbocycles. The minimum atomic E-state index is -3.85. The van der Waals surface area contributed by atoms with Gasteiger partial charge >= 0.3 is 0 Å². The quantitative estimate of drug-likeness (QED) is 0.649. The van der Waals surface area contributed by atoms with Crippen LogP contribution in [-0.2, 0) is 10.0 Å². The molecule has 0 saturated carbocycles. The molecule has 6 heteroatoms. The molecule has 5 nitrogen and oxygen atoms in total. The smallest absolute Gasteiger partial charge is 0.262 e. The number of rotatable bonds is 6. The Kier molecular flexibility index (Phi) is 5.04. The predicted octanol–water partition coefficient (Wildman–Crippen LogP) is 3.91. The van der Waals surface area contributed by atoms with Gasteiger partial charge in [0.2, 0.25) is 0 Å². The number of anilines is 1. The first kappa shape index (κ1) is 17.7. The molecule has 3 rings (SSSR count). The lowest BCUT2D eigenvalue weighted by Crippen LogP contribution is -2.17. The summed E-state index contributed by atoms with van der Waals surface area (Å²) in [7, 11) is -2.30. The summed E-state index contributed by atoms with van der Waals surface area (Å²) in [6, 6.07) is 22.2. The van der Waals surface area contributed by atoms with Crippen molar-refractivity contribution in [1.29, 1.82) is 5.41 Å². The number of methoxy groups -OCH3 is 1. The van der Waals surface area contributed by atoms with Gasteiger partial charge in [-0.05, 0) is 30.3 Å². The zero-order chi connectivity index (χ0) is 18.6. The van der Waals surface area contributed by atoms with Crippen molar-refractivity contribution in [2.24, 2.45) is 0 Å². The third kappa shape index (κ3) is 3.75. The third-order valence-electron chi connectivity index (χ3n) is 3.85. The normalized spacial score (nSPS) is 11.0. The summed E-state index contributed by atoms with van der Waals surface area (Å²) in [5.41, 5.74) is 1.58. The maximum Gasteiger partial charge on any atom is 0.262 e. The lowest BCUT2D eigenvalue weighted by atomic mass is 10.0. The van der Waals surface area contributed by atoms with Gasteiger partial charge in [0.15, 0.2) is 0 Å². The maximum atomic E-state index is 12.9. The fraction of sp³-hybridized carbons (Fsp3) is 0.0500. The number of hydrogen-bond acceptors (Lipinski definition) is 4. The van der Waals surface area contributed by atoms with E-state index in [1.807, 2.05) is 18.2 Å². The van der Waals surface area contributed by atoms with Crippen molar-refractivity contribution in [3.8, 4) is 5.75 Å². The van der Waals surface area contributed by atoms with Gasteiger partial charge in [-0.25, -0.2) is 8.42 Å². The molecule has 0 radical (unpaired) electrons. The zero-order valence-electron chi connectivity index (χ0n) is 14.1. The van der Waals surface area contributed by atoms with Crippen LogP contribution in [0.5, 0.6) is 5.75 Å². The summed E-state index contributed by atoms with van der Waals surface area (Å²) in [6.45, 7) is 0. The highest BCUT2D eigenvalue weighted by molar-refractivity contribution is 7.92. The van der Waals surface area contributed by atoms with Crippen LogP contribution in [-0.4, -0.2) is 21.2 Å². The number of sulfonamides is 1. The van der Waals surface area contributed by atoms with Gasteiger partial charge in [0, 0.05) is 16.8 Å². The highest BCUT2D eigenvalue weighted by Gasteiger charge is 2.21. The van der Waals surface area contributed by atoms with Crippen LogP contribution in [0.25, 0.3) is 0 Å². The van der Waals surface area contributed by atoms with E-state index in [4.69, 9.17) is 10.1 Å². The van der Waals surface area contributed by atoms with E-state index in [0.717, 1.165) is 0 Å². The van der Waals surface area contributed by atoms with Gasteiger partial charge in [0.1, 0.15) is 5.75 Å². The largest absolute Gasteiger partial charge is 0.497 e. The second-order valence-corrected chi connectivity index (χ2v) is 7.22. The molecule has 0 aromatic heterocycles. The van der Waals surface area contributed by atoms with Crippen LogP contribution in [0.3, 0.4) is 0 Å². The first-order valence-corrected chi connectivity index (χ1v) is 9.40. The van der Waals surface area contributed by atoms with Crippen LogP contribution in [0.2, 0.25) is 0 Å². The van der Waals surface area contributed by atoms with Gasteiger partial charge in [0.25, 0.3) is 10.0 Å². The van der Waals surface area contributed by atoms with E-state index in [-0.39, 0.29) is 10.6 Å². The molecule has 0 saturated heterocycles. The molecule has 0 atom stereocenters. The van der Waals surface area contributed by atoms with Crippen molar-refractivity contribution < 1.29 is 13.2 Å². The molecule has 132 valence electrons.